The number of hydrogen-bond acceptors (Lipinski definition) is 3. The molecule has 23 heavy (non-hydrogen) atoms. The molecule has 1 amide bonds. The van der Waals surface area contributed by atoms with Crippen LogP contribution < -0.4 is 5.32 Å². The molecule has 5 heteroatoms. The molecule has 1 atom stereocenters. The summed E-state index contributed by atoms with van der Waals surface area (Å²) in [5.41, 5.74) is 1.74. The Labute approximate surface area is 139 Å². The largest absolute Gasteiger partial charge is 0.352 e. The second-order valence-electron chi connectivity index (χ2n) is 6.30. The van der Waals surface area contributed by atoms with Gasteiger partial charge in [-0.3, -0.25) is 9.69 Å². The zero-order chi connectivity index (χ0) is 15.8. The highest BCUT2D eigenvalue weighted by Gasteiger charge is 2.35. The summed E-state index contributed by atoms with van der Waals surface area (Å²) in [4.78, 5) is 16.3. The molecule has 3 nitrogen and oxygen atoms in total. The van der Waals surface area contributed by atoms with Crippen LogP contribution in [0.15, 0.2) is 35.7 Å². The van der Waals surface area contributed by atoms with E-state index in [1.165, 1.54) is 16.5 Å². The predicted molar refractivity (Wildman–Crippen MR) is 88.7 cm³/mol. The van der Waals surface area contributed by atoms with Crippen LogP contribution >= 0.6 is 11.3 Å². The van der Waals surface area contributed by atoms with Crippen LogP contribution in [-0.4, -0.2) is 23.4 Å². The van der Waals surface area contributed by atoms with E-state index in [1.807, 2.05) is 0 Å². The Hall–Kier alpha value is -1.72. The zero-order valence-electron chi connectivity index (χ0n) is 12.8. The Balaban J connectivity index is 1.65. The van der Waals surface area contributed by atoms with Crippen molar-refractivity contribution in [3.63, 3.8) is 0 Å². The van der Waals surface area contributed by atoms with Gasteiger partial charge in [-0.05, 0) is 42.3 Å². The van der Waals surface area contributed by atoms with Crippen molar-refractivity contribution >= 4 is 17.2 Å². The molecule has 4 rings (SSSR count). The predicted octanol–water partition coefficient (Wildman–Crippen LogP) is 3.27. The van der Waals surface area contributed by atoms with Crippen LogP contribution in [0.1, 0.15) is 34.9 Å². The molecule has 2 aromatic rings. The Morgan fingerprint density at radius 1 is 1.30 bits per heavy atom. The number of rotatable bonds is 4. The molecule has 1 N–H and O–H groups in total. The van der Waals surface area contributed by atoms with Crippen LogP contribution in [0.3, 0.4) is 0 Å². The molecule has 1 aromatic heterocycles. The Morgan fingerprint density at radius 3 is 2.91 bits per heavy atom. The average Bonchev–Trinajstić information content (AvgIpc) is 3.23. The first kappa shape index (κ1) is 14.8. The van der Waals surface area contributed by atoms with Gasteiger partial charge in [-0.1, -0.05) is 18.2 Å². The summed E-state index contributed by atoms with van der Waals surface area (Å²) in [6.07, 6.45) is 2.99. The number of thiophene rings is 1. The van der Waals surface area contributed by atoms with Crippen LogP contribution in [0.2, 0.25) is 0 Å². The number of hydrogen-bond donors (Lipinski definition) is 1. The third-order valence-electron chi connectivity index (χ3n) is 4.57. The fraction of sp³-hybridized carbons (Fsp3) is 0.389. The van der Waals surface area contributed by atoms with Gasteiger partial charge in [0, 0.05) is 29.6 Å². The van der Waals surface area contributed by atoms with Crippen molar-refractivity contribution < 1.29 is 9.18 Å². The van der Waals surface area contributed by atoms with Gasteiger partial charge in [-0.15, -0.1) is 11.3 Å². The first-order chi connectivity index (χ1) is 11.2. The van der Waals surface area contributed by atoms with Crippen LogP contribution in [0.4, 0.5) is 4.39 Å². The van der Waals surface area contributed by atoms with Crippen molar-refractivity contribution in [1.29, 1.82) is 0 Å². The third-order valence-corrected chi connectivity index (χ3v) is 5.60. The molecule has 120 valence electrons. The second-order valence-corrected chi connectivity index (χ2v) is 7.30. The summed E-state index contributed by atoms with van der Waals surface area (Å²) < 4.78 is 14.3. The SMILES string of the molecule is O=C(NC1CC1)C(c1ccccc1F)N1CCc2sccc2C1. The van der Waals surface area contributed by atoms with Crippen LogP contribution in [0.5, 0.6) is 0 Å². The summed E-state index contributed by atoms with van der Waals surface area (Å²) in [6, 6.07) is 8.48. The van der Waals surface area contributed by atoms with E-state index in [0.29, 0.717) is 12.1 Å². The van der Waals surface area contributed by atoms with Gasteiger partial charge in [0.15, 0.2) is 0 Å². The van der Waals surface area contributed by atoms with E-state index >= 15 is 0 Å². The molecule has 1 unspecified atom stereocenters. The minimum Gasteiger partial charge on any atom is -0.352 e. The van der Waals surface area contributed by atoms with E-state index < -0.39 is 6.04 Å². The van der Waals surface area contributed by atoms with E-state index in [1.54, 1.807) is 29.5 Å². The van der Waals surface area contributed by atoms with Gasteiger partial charge in [-0.2, -0.15) is 0 Å². The maximum atomic E-state index is 14.3. The van der Waals surface area contributed by atoms with E-state index in [0.717, 1.165) is 25.8 Å². The van der Waals surface area contributed by atoms with Gasteiger partial charge in [0.2, 0.25) is 5.91 Å². The molecule has 0 bridgehead atoms. The number of benzene rings is 1. The van der Waals surface area contributed by atoms with Gasteiger partial charge in [0.1, 0.15) is 11.9 Å². The lowest BCUT2D eigenvalue weighted by atomic mass is 10.00. The fourth-order valence-corrected chi connectivity index (χ4v) is 4.09. The first-order valence-corrected chi connectivity index (χ1v) is 8.94. The van der Waals surface area contributed by atoms with Gasteiger partial charge < -0.3 is 5.32 Å². The van der Waals surface area contributed by atoms with Crippen LogP contribution in [0.25, 0.3) is 0 Å². The van der Waals surface area contributed by atoms with Crippen molar-refractivity contribution in [2.45, 2.75) is 37.9 Å². The number of carbonyl (C=O) groups excluding carboxylic acids is 1. The molecule has 2 heterocycles. The molecule has 0 radical (unpaired) electrons. The summed E-state index contributed by atoms with van der Waals surface area (Å²) >= 11 is 1.77. The highest BCUT2D eigenvalue weighted by molar-refractivity contribution is 7.10. The zero-order valence-corrected chi connectivity index (χ0v) is 13.6. The Morgan fingerprint density at radius 2 is 2.13 bits per heavy atom. The summed E-state index contributed by atoms with van der Waals surface area (Å²) in [6.45, 7) is 1.49. The van der Waals surface area contributed by atoms with Crippen molar-refractivity contribution in [3.8, 4) is 0 Å². The van der Waals surface area contributed by atoms with Gasteiger partial charge in [0.05, 0.1) is 0 Å². The standard InChI is InChI=1S/C18H19FN2OS/c19-15-4-2-1-3-14(15)17(18(22)20-13-5-6-13)21-9-7-16-12(11-21)8-10-23-16/h1-4,8,10,13,17H,5-7,9,11H2,(H,20,22). The van der Waals surface area contributed by atoms with Gasteiger partial charge in [-0.25, -0.2) is 4.39 Å². The van der Waals surface area contributed by atoms with Gasteiger partial charge in [0.25, 0.3) is 0 Å². The van der Waals surface area contributed by atoms with Crippen molar-refractivity contribution in [3.05, 3.63) is 57.5 Å². The topological polar surface area (TPSA) is 32.3 Å². The molecule has 2 aliphatic rings. The highest BCUT2D eigenvalue weighted by Crippen LogP contribution is 2.32. The fourth-order valence-electron chi connectivity index (χ4n) is 3.20. The lowest BCUT2D eigenvalue weighted by molar-refractivity contribution is -0.127. The number of nitrogens with one attached hydrogen (secondary N) is 1. The maximum Gasteiger partial charge on any atom is 0.242 e. The molecule has 0 spiro atoms. The number of nitrogens with zero attached hydrogens (tertiary/aromatic N) is 1. The molecule has 1 fully saturated rings. The molecular weight excluding hydrogens is 311 g/mol. The van der Waals surface area contributed by atoms with E-state index in [9.17, 15) is 9.18 Å². The van der Waals surface area contributed by atoms with Gasteiger partial charge >= 0.3 is 0 Å². The van der Waals surface area contributed by atoms with E-state index in [2.05, 4.69) is 21.7 Å². The lowest BCUT2D eigenvalue weighted by Crippen LogP contribution is -2.43. The maximum absolute atomic E-state index is 14.3. The third kappa shape index (κ3) is 3.03. The van der Waals surface area contributed by atoms with Crippen LogP contribution in [0, 0.1) is 5.82 Å². The van der Waals surface area contributed by atoms with E-state index in [-0.39, 0.29) is 17.8 Å². The lowest BCUT2D eigenvalue weighted by Gasteiger charge is -2.34. The van der Waals surface area contributed by atoms with Crippen molar-refractivity contribution in [2.75, 3.05) is 6.54 Å². The second kappa shape index (κ2) is 6.06. The normalized spacial score (nSPS) is 19.2. The Kier molecular flexibility index (Phi) is 3.91. The highest BCUT2D eigenvalue weighted by atomic mass is 32.1. The molecule has 1 aliphatic heterocycles. The van der Waals surface area contributed by atoms with Crippen LogP contribution in [-0.2, 0) is 17.8 Å². The smallest absolute Gasteiger partial charge is 0.242 e. The first-order valence-electron chi connectivity index (χ1n) is 8.06. The summed E-state index contributed by atoms with van der Waals surface area (Å²) in [5.74, 6) is -0.379. The molecule has 0 saturated heterocycles. The average molecular weight is 330 g/mol. The Bertz CT molecular complexity index is 725. The number of halogens is 1. The molecule has 1 saturated carbocycles. The quantitative estimate of drug-likeness (QED) is 0.933. The minimum absolute atomic E-state index is 0.0729. The van der Waals surface area contributed by atoms with E-state index in [4.69, 9.17) is 0 Å². The number of amides is 1. The minimum atomic E-state index is -0.551. The molecular formula is C18H19FN2OS. The molecule has 1 aromatic carbocycles. The summed E-state index contributed by atoms with van der Waals surface area (Å²) in [7, 11) is 0. The monoisotopic (exact) mass is 330 g/mol. The van der Waals surface area contributed by atoms with Crippen molar-refractivity contribution in [2.24, 2.45) is 0 Å². The number of carbonyl (C=O) groups is 1. The molecule has 1 aliphatic carbocycles. The number of fused-ring (bicyclic) bond motifs is 1. The van der Waals surface area contributed by atoms with Crippen molar-refractivity contribution in [1.82, 2.24) is 10.2 Å². The summed E-state index contributed by atoms with van der Waals surface area (Å²) in [5, 5.41) is 5.14.